The monoisotopic (exact) mass is 345 g/mol. The maximum Gasteiger partial charge on any atom is 0.318 e. The molecule has 1 aliphatic rings. The van der Waals surface area contributed by atoms with E-state index in [-0.39, 0.29) is 18.2 Å². The molecule has 0 radical (unpaired) electrons. The van der Waals surface area contributed by atoms with E-state index in [0.29, 0.717) is 6.54 Å². The number of amides is 2. The molecule has 1 fully saturated rings. The van der Waals surface area contributed by atoms with E-state index >= 15 is 0 Å². The summed E-state index contributed by atoms with van der Waals surface area (Å²) in [5, 5.41) is 3.15. The van der Waals surface area contributed by atoms with E-state index < -0.39 is 0 Å². The molecule has 3 rings (SSSR count). The molecule has 1 aliphatic heterocycles. The fourth-order valence-corrected chi connectivity index (χ4v) is 3.75. The van der Waals surface area contributed by atoms with Crippen LogP contribution in [0.5, 0.6) is 0 Å². The van der Waals surface area contributed by atoms with Crippen molar-refractivity contribution in [2.75, 3.05) is 13.7 Å². The van der Waals surface area contributed by atoms with Crippen LogP contribution in [0, 0.1) is 6.92 Å². The van der Waals surface area contributed by atoms with Crippen molar-refractivity contribution in [3.05, 3.63) is 52.0 Å². The lowest BCUT2D eigenvalue weighted by Gasteiger charge is -2.27. The molecule has 2 heterocycles. The third-order valence-electron chi connectivity index (χ3n) is 4.35. The number of urea groups is 1. The van der Waals surface area contributed by atoms with Crippen molar-refractivity contribution in [3.63, 3.8) is 0 Å². The van der Waals surface area contributed by atoms with Crippen LogP contribution in [0.25, 0.3) is 0 Å². The number of carbonyl (C=O) groups is 1. The Morgan fingerprint density at radius 3 is 2.88 bits per heavy atom. The zero-order chi connectivity index (χ0) is 16.9. The molecule has 2 atom stereocenters. The average molecular weight is 345 g/mol. The van der Waals surface area contributed by atoms with Crippen molar-refractivity contribution < 1.29 is 9.53 Å². The van der Waals surface area contributed by atoms with Gasteiger partial charge in [-0.1, -0.05) is 30.3 Å². The predicted molar refractivity (Wildman–Crippen MR) is 95.0 cm³/mol. The lowest BCUT2D eigenvalue weighted by Crippen LogP contribution is -2.42. The standard InChI is InChI=1S/C18H23N3O2S/c1-13-16(24-12-19-13)11-21(2)18(22)20-17(15-9-6-10-23-15)14-7-4-3-5-8-14/h3-5,7-8,12,15,17H,6,9-11H2,1-2H3,(H,20,22). The molecule has 2 aromatic rings. The van der Waals surface area contributed by atoms with Crippen molar-refractivity contribution in [3.8, 4) is 0 Å². The smallest absolute Gasteiger partial charge is 0.318 e. The summed E-state index contributed by atoms with van der Waals surface area (Å²) >= 11 is 1.58. The van der Waals surface area contributed by atoms with E-state index in [9.17, 15) is 4.79 Å². The van der Waals surface area contributed by atoms with Gasteiger partial charge in [0.25, 0.3) is 0 Å². The lowest BCUT2D eigenvalue weighted by atomic mass is 9.99. The number of aryl methyl sites for hydroxylation is 1. The van der Waals surface area contributed by atoms with Crippen LogP contribution in [0.15, 0.2) is 35.8 Å². The Morgan fingerprint density at radius 2 is 2.25 bits per heavy atom. The molecule has 5 nitrogen and oxygen atoms in total. The number of benzene rings is 1. The summed E-state index contributed by atoms with van der Waals surface area (Å²) in [7, 11) is 1.81. The van der Waals surface area contributed by atoms with Gasteiger partial charge in [-0.25, -0.2) is 9.78 Å². The molecule has 0 aliphatic carbocycles. The summed E-state index contributed by atoms with van der Waals surface area (Å²) in [5.41, 5.74) is 3.88. The SMILES string of the molecule is Cc1ncsc1CN(C)C(=O)NC(c1ccccc1)C1CCCO1. The second kappa shape index (κ2) is 7.77. The normalized spacial score (nSPS) is 18.3. The van der Waals surface area contributed by atoms with E-state index in [1.807, 2.05) is 49.8 Å². The minimum atomic E-state index is -0.119. The van der Waals surface area contributed by atoms with E-state index in [2.05, 4.69) is 10.3 Å². The molecule has 2 amide bonds. The Kier molecular flexibility index (Phi) is 5.48. The topological polar surface area (TPSA) is 54.5 Å². The van der Waals surface area contributed by atoms with Gasteiger partial charge in [-0.05, 0) is 25.3 Å². The number of nitrogens with one attached hydrogen (secondary N) is 1. The molecule has 24 heavy (non-hydrogen) atoms. The minimum absolute atomic E-state index is 0.0369. The summed E-state index contributed by atoms with van der Waals surface area (Å²) in [4.78, 5) is 19.7. The summed E-state index contributed by atoms with van der Waals surface area (Å²) < 4.78 is 5.83. The van der Waals surface area contributed by atoms with Crippen LogP contribution in [-0.4, -0.2) is 35.7 Å². The number of aromatic nitrogens is 1. The highest BCUT2D eigenvalue weighted by atomic mass is 32.1. The maximum atomic E-state index is 12.7. The second-order valence-electron chi connectivity index (χ2n) is 6.11. The highest BCUT2D eigenvalue weighted by Crippen LogP contribution is 2.27. The third kappa shape index (κ3) is 3.94. The molecule has 0 spiro atoms. The number of thiazole rings is 1. The fourth-order valence-electron chi connectivity index (χ4n) is 2.93. The van der Waals surface area contributed by atoms with Gasteiger partial charge in [-0.3, -0.25) is 0 Å². The Bertz CT molecular complexity index is 668. The van der Waals surface area contributed by atoms with E-state index in [1.54, 1.807) is 16.2 Å². The molecule has 1 saturated heterocycles. The second-order valence-corrected chi connectivity index (χ2v) is 7.05. The molecule has 6 heteroatoms. The van der Waals surface area contributed by atoms with Crippen LogP contribution >= 0.6 is 11.3 Å². The van der Waals surface area contributed by atoms with Crippen molar-refractivity contribution in [2.45, 2.75) is 38.5 Å². The summed E-state index contributed by atoms with van der Waals surface area (Å²) in [6.45, 7) is 3.30. The predicted octanol–water partition coefficient (Wildman–Crippen LogP) is 3.51. The molecule has 2 unspecified atom stereocenters. The first-order chi connectivity index (χ1) is 11.6. The highest BCUT2D eigenvalue weighted by molar-refractivity contribution is 7.09. The molecule has 128 valence electrons. The van der Waals surface area contributed by atoms with Gasteiger partial charge in [0.2, 0.25) is 0 Å². The van der Waals surface area contributed by atoms with Crippen molar-refractivity contribution in [1.29, 1.82) is 0 Å². The lowest BCUT2D eigenvalue weighted by molar-refractivity contribution is 0.0785. The van der Waals surface area contributed by atoms with Gasteiger partial charge in [0.15, 0.2) is 0 Å². The Labute approximate surface area is 146 Å². The van der Waals surface area contributed by atoms with Crippen LogP contribution in [0.1, 0.15) is 35.0 Å². The minimum Gasteiger partial charge on any atom is -0.376 e. The Hall–Kier alpha value is -1.92. The first-order valence-corrected chi connectivity index (χ1v) is 9.10. The van der Waals surface area contributed by atoms with Crippen molar-refractivity contribution in [2.24, 2.45) is 0 Å². The maximum absolute atomic E-state index is 12.7. The van der Waals surface area contributed by atoms with E-state index in [4.69, 9.17) is 4.74 Å². The molecular weight excluding hydrogens is 322 g/mol. The molecule has 1 aromatic heterocycles. The first kappa shape index (κ1) is 16.9. The van der Waals surface area contributed by atoms with Gasteiger partial charge in [0.1, 0.15) is 0 Å². The van der Waals surface area contributed by atoms with E-state index in [1.165, 1.54) is 0 Å². The van der Waals surface area contributed by atoms with E-state index in [0.717, 1.165) is 35.6 Å². The Morgan fingerprint density at radius 1 is 1.46 bits per heavy atom. The number of ether oxygens (including phenoxy) is 1. The molecule has 0 bridgehead atoms. The number of nitrogens with zero attached hydrogens (tertiary/aromatic N) is 2. The van der Waals surface area contributed by atoms with Gasteiger partial charge in [-0.2, -0.15) is 0 Å². The zero-order valence-corrected chi connectivity index (χ0v) is 14.9. The van der Waals surface area contributed by atoms with Gasteiger partial charge >= 0.3 is 6.03 Å². The van der Waals surface area contributed by atoms with Crippen molar-refractivity contribution >= 4 is 17.4 Å². The van der Waals surface area contributed by atoms with Crippen molar-refractivity contribution in [1.82, 2.24) is 15.2 Å². The van der Waals surface area contributed by atoms with Crippen LogP contribution in [0.4, 0.5) is 4.79 Å². The Balaban J connectivity index is 1.69. The number of carbonyl (C=O) groups excluding carboxylic acids is 1. The molecule has 1 aromatic carbocycles. The molecule has 0 saturated carbocycles. The molecular formula is C18H23N3O2S. The fraction of sp³-hybridized carbons (Fsp3) is 0.444. The quantitative estimate of drug-likeness (QED) is 0.902. The largest absolute Gasteiger partial charge is 0.376 e. The summed E-state index contributed by atoms with van der Waals surface area (Å²) in [6.07, 6.45) is 2.05. The number of rotatable bonds is 5. The number of hydrogen-bond donors (Lipinski definition) is 1. The summed E-state index contributed by atoms with van der Waals surface area (Å²) in [6, 6.07) is 9.84. The highest BCUT2D eigenvalue weighted by Gasteiger charge is 2.29. The van der Waals surface area contributed by atoms with Gasteiger partial charge in [0, 0.05) is 18.5 Å². The third-order valence-corrected chi connectivity index (χ3v) is 5.27. The van der Waals surface area contributed by atoms with Gasteiger partial charge < -0.3 is 15.0 Å². The van der Waals surface area contributed by atoms with Crippen LogP contribution in [0.2, 0.25) is 0 Å². The molecule has 1 N–H and O–H groups in total. The van der Waals surface area contributed by atoms with Gasteiger partial charge in [-0.15, -0.1) is 11.3 Å². The van der Waals surface area contributed by atoms with Gasteiger partial charge in [0.05, 0.1) is 29.9 Å². The summed E-state index contributed by atoms with van der Waals surface area (Å²) in [5.74, 6) is 0. The van der Waals surface area contributed by atoms with Crippen LogP contribution in [-0.2, 0) is 11.3 Å². The van der Waals surface area contributed by atoms with Crippen LogP contribution < -0.4 is 5.32 Å². The first-order valence-electron chi connectivity index (χ1n) is 8.22. The zero-order valence-electron chi connectivity index (χ0n) is 14.1. The average Bonchev–Trinajstić information content (AvgIpc) is 3.26. The van der Waals surface area contributed by atoms with Crippen LogP contribution in [0.3, 0.4) is 0 Å². The number of hydrogen-bond acceptors (Lipinski definition) is 4.